The Morgan fingerprint density at radius 1 is 0.837 bits per heavy atom. The molecule has 3 heterocycles. The van der Waals surface area contributed by atoms with Crippen molar-refractivity contribution in [1.82, 2.24) is 9.78 Å². The number of amidine groups is 2. The van der Waals surface area contributed by atoms with Gasteiger partial charge in [-0.25, -0.2) is 14.7 Å². The van der Waals surface area contributed by atoms with Gasteiger partial charge in [-0.2, -0.15) is 5.10 Å². The van der Waals surface area contributed by atoms with E-state index in [9.17, 15) is 0 Å². The zero-order valence-electron chi connectivity index (χ0n) is 23.9. The summed E-state index contributed by atoms with van der Waals surface area (Å²) < 4.78 is 1.92. The maximum atomic E-state index is 6.62. The van der Waals surface area contributed by atoms with E-state index in [1.807, 2.05) is 78.3 Å². The molecule has 6 nitrogen and oxygen atoms in total. The minimum atomic E-state index is -0.278. The number of nitrogens with one attached hydrogen (secondary N) is 1. The molecule has 7 rings (SSSR count). The molecule has 8 heteroatoms. The van der Waals surface area contributed by atoms with Crippen molar-refractivity contribution >= 4 is 57.8 Å². The summed E-state index contributed by atoms with van der Waals surface area (Å²) in [5, 5.41) is 9.60. The number of hydrogen-bond acceptors (Lipinski definition) is 5. The first-order valence-corrected chi connectivity index (χ1v) is 15.3. The van der Waals surface area contributed by atoms with Crippen molar-refractivity contribution < 1.29 is 0 Å². The number of aryl methyl sites for hydroxylation is 2. The second-order valence-corrected chi connectivity index (χ2v) is 11.6. The van der Waals surface area contributed by atoms with Crippen LogP contribution in [-0.2, 0) is 6.42 Å². The number of aromatic nitrogens is 2. The number of halogens is 2. The molecule has 2 aliphatic rings. The lowest BCUT2D eigenvalue weighted by atomic mass is 9.93. The van der Waals surface area contributed by atoms with E-state index in [1.54, 1.807) is 0 Å². The summed E-state index contributed by atoms with van der Waals surface area (Å²) in [5.74, 6) is 2.12. The molecule has 0 spiro atoms. The molecule has 0 saturated carbocycles. The number of anilines is 2. The Kier molecular flexibility index (Phi) is 7.25. The van der Waals surface area contributed by atoms with Gasteiger partial charge in [-0.1, -0.05) is 85.1 Å². The van der Waals surface area contributed by atoms with Crippen molar-refractivity contribution in [3.8, 4) is 5.69 Å². The predicted octanol–water partition coefficient (Wildman–Crippen LogP) is 9.63. The third-order valence-corrected chi connectivity index (χ3v) is 8.67. The lowest BCUT2D eigenvalue weighted by molar-refractivity contribution is 0.795. The molecule has 0 unspecified atom stereocenters. The fraction of sp³-hybridized carbons (Fsp3) is 0.171. The number of rotatable bonds is 6. The van der Waals surface area contributed by atoms with Crippen molar-refractivity contribution in [1.29, 1.82) is 0 Å². The van der Waals surface area contributed by atoms with E-state index in [-0.39, 0.29) is 6.04 Å². The normalized spacial score (nSPS) is 15.3. The highest BCUT2D eigenvalue weighted by Gasteiger charge is 2.41. The molecular weight excluding hydrogens is 575 g/mol. The van der Waals surface area contributed by atoms with Gasteiger partial charge in [0.25, 0.3) is 0 Å². The fourth-order valence-corrected chi connectivity index (χ4v) is 6.12. The van der Waals surface area contributed by atoms with Crippen LogP contribution in [0, 0.1) is 6.92 Å². The summed E-state index contributed by atoms with van der Waals surface area (Å²) in [4.78, 5) is 12.6. The van der Waals surface area contributed by atoms with Crippen LogP contribution in [0.4, 0.5) is 22.9 Å². The van der Waals surface area contributed by atoms with Gasteiger partial charge < -0.3 is 10.2 Å². The maximum absolute atomic E-state index is 6.62. The summed E-state index contributed by atoms with van der Waals surface area (Å²) in [6.07, 6.45) is 3.42. The molecule has 0 radical (unpaired) electrons. The Morgan fingerprint density at radius 2 is 1.60 bits per heavy atom. The summed E-state index contributed by atoms with van der Waals surface area (Å²) in [5.41, 5.74) is 7.88. The first kappa shape index (κ1) is 27.4. The third-order valence-electron chi connectivity index (χ3n) is 7.93. The molecule has 1 aromatic heterocycles. The molecule has 0 aliphatic carbocycles. The van der Waals surface area contributed by atoms with Crippen LogP contribution >= 0.6 is 23.2 Å². The summed E-state index contributed by atoms with van der Waals surface area (Å²) in [6, 6.07) is 32.4. The van der Waals surface area contributed by atoms with Crippen LogP contribution in [0.3, 0.4) is 0 Å². The van der Waals surface area contributed by atoms with Gasteiger partial charge in [0.2, 0.25) is 0 Å². The third kappa shape index (κ3) is 5.01. The van der Waals surface area contributed by atoms with E-state index in [0.29, 0.717) is 21.7 Å². The molecule has 4 aromatic carbocycles. The Bertz CT molecular complexity index is 1870. The van der Waals surface area contributed by atoms with E-state index in [1.165, 1.54) is 18.4 Å². The lowest BCUT2D eigenvalue weighted by Gasteiger charge is -2.40. The van der Waals surface area contributed by atoms with Crippen molar-refractivity contribution in [2.45, 2.75) is 39.2 Å². The van der Waals surface area contributed by atoms with Gasteiger partial charge >= 0.3 is 0 Å². The first-order valence-electron chi connectivity index (χ1n) is 14.5. The molecule has 2 aliphatic heterocycles. The zero-order chi connectivity index (χ0) is 29.5. The molecule has 0 fully saturated rings. The zero-order valence-corrected chi connectivity index (χ0v) is 25.4. The van der Waals surface area contributed by atoms with Gasteiger partial charge in [0.05, 0.1) is 38.8 Å². The molecule has 0 saturated heterocycles. The number of unbranched alkanes of at least 4 members (excludes halogenated alkanes) is 1. The van der Waals surface area contributed by atoms with Crippen LogP contribution in [0.1, 0.15) is 48.2 Å². The van der Waals surface area contributed by atoms with Crippen LogP contribution in [-0.4, -0.2) is 21.5 Å². The summed E-state index contributed by atoms with van der Waals surface area (Å²) in [7, 11) is 0. The van der Waals surface area contributed by atoms with Crippen LogP contribution in [0.25, 0.3) is 5.69 Å². The van der Waals surface area contributed by atoms with Gasteiger partial charge in [0.15, 0.2) is 17.5 Å². The Balaban J connectivity index is 1.43. The number of aliphatic imine (C=N–C) groups is 2. The summed E-state index contributed by atoms with van der Waals surface area (Å²) >= 11 is 13.0. The predicted molar refractivity (Wildman–Crippen MR) is 178 cm³/mol. The highest BCUT2D eigenvalue weighted by atomic mass is 35.5. The standard InChI is InChI=1S/C35H30Cl2N6/c1-3-4-10-23-15-18-25(19-16-23)38-33-35-40-34-31(22(2)41-43(34)26-11-6-5-7-12-26)32(24-17-20-27(36)28(37)21-24)42(35)30-14-9-8-13-29(30)39-33/h5-9,11-21,32H,3-4,10H2,1-2H3,(H,38,39)/t32-/m1/s1. The van der Waals surface area contributed by atoms with Gasteiger partial charge in [-0.05, 0) is 79.4 Å². The second-order valence-electron chi connectivity index (χ2n) is 10.8. The molecule has 214 valence electrons. The van der Waals surface area contributed by atoms with E-state index >= 15 is 0 Å². The minimum Gasteiger partial charge on any atom is -0.337 e. The molecular formula is C35H30Cl2N6. The molecule has 0 amide bonds. The number of hydrogen-bond donors (Lipinski definition) is 1. The van der Waals surface area contributed by atoms with Gasteiger partial charge in [0, 0.05) is 11.3 Å². The quantitative estimate of drug-likeness (QED) is 0.210. The highest BCUT2D eigenvalue weighted by Crippen LogP contribution is 2.48. The number of benzene rings is 4. The topological polar surface area (TPSA) is 57.8 Å². The first-order chi connectivity index (χ1) is 21.0. The van der Waals surface area contributed by atoms with Gasteiger partial charge in [-0.3, -0.25) is 0 Å². The van der Waals surface area contributed by atoms with E-state index in [0.717, 1.165) is 51.8 Å². The number of fused-ring (bicyclic) bond motifs is 4. The maximum Gasteiger partial charge on any atom is 0.179 e. The Morgan fingerprint density at radius 3 is 2.37 bits per heavy atom. The van der Waals surface area contributed by atoms with E-state index in [2.05, 4.69) is 47.5 Å². The monoisotopic (exact) mass is 604 g/mol. The SMILES string of the molecule is CCCCc1ccc(NC2=Nc3ccccc3N3C2=Nc2c(c(C)nn2-c2ccccc2)[C@H]3c2ccc(Cl)c(Cl)c2)cc1. The molecule has 5 aromatic rings. The van der Waals surface area contributed by atoms with Crippen molar-refractivity contribution in [2.24, 2.45) is 9.98 Å². The van der Waals surface area contributed by atoms with Crippen molar-refractivity contribution in [2.75, 3.05) is 10.2 Å². The van der Waals surface area contributed by atoms with Crippen LogP contribution in [0.15, 0.2) is 107 Å². The van der Waals surface area contributed by atoms with Crippen LogP contribution in [0.5, 0.6) is 0 Å². The molecule has 0 bridgehead atoms. The Hall–Kier alpha value is -4.39. The van der Waals surface area contributed by atoms with Gasteiger partial charge in [0.1, 0.15) is 0 Å². The van der Waals surface area contributed by atoms with E-state index < -0.39 is 0 Å². The van der Waals surface area contributed by atoms with E-state index in [4.69, 9.17) is 38.3 Å². The fourth-order valence-electron chi connectivity index (χ4n) is 5.82. The average Bonchev–Trinajstić information content (AvgIpc) is 3.37. The summed E-state index contributed by atoms with van der Waals surface area (Å²) in [6.45, 7) is 4.25. The number of nitrogens with zero attached hydrogens (tertiary/aromatic N) is 5. The van der Waals surface area contributed by atoms with Crippen LogP contribution in [0.2, 0.25) is 10.0 Å². The number of para-hydroxylation sites is 3. The average molecular weight is 606 g/mol. The minimum absolute atomic E-state index is 0.278. The Labute approximate surface area is 261 Å². The van der Waals surface area contributed by atoms with Crippen molar-refractivity contribution in [3.63, 3.8) is 0 Å². The second kappa shape index (κ2) is 11.4. The smallest absolute Gasteiger partial charge is 0.179 e. The molecule has 1 atom stereocenters. The largest absolute Gasteiger partial charge is 0.337 e. The molecule has 43 heavy (non-hydrogen) atoms. The van der Waals surface area contributed by atoms with Gasteiger partial charge in [-0.15, -0.1) is 0 Å². The highest BCUT2D eigenvalue weighted by molar-refractivity contribution is 6.51. The van der Waals surface area contributed by atoms with Crippen molar-refractivity contribution in [3.05, 3.63) is 129 Å². The molecule has 1 N–H and O–H groups in total. The van der Waals surface area contributed by atoms with Crippen LogP contribution < -0.4 is 10.2 Å². The lowest BCUT2D eigenvalue weighted by Crippen LogP contribution is -2.46.